The summed E-state index contributed by atoms with van der Waals surface area (Å²) in [5.41, 5.74) is 1.30. The smallest absolute Gasteiger partial charge is 0.335 e. The van der Waals surface area contributed by atoms with Gasteiger partial charge in [0.1, 0.15) is 0 Å². The highest BCUT2D eigenvalue weighted by atomic mass is 35.5. The first kappa shape index (κ1) is 23.9. The normalized spacial score (nSPS) is 27.5. The summed E-state index contributed by atoms with van der Waals surface area (Å²) >= 11 is 12.2. The number of rotatable bonds is 6. The number of piperidine rings is 1. The minimum atomic E-state index is -2.27. The summed E-state index contributed by atoms with van der Waals surface area (Å²) in [6, 6.07) is 7.29. The molecule has 0 aliphatic carbocycles. The summed E-state index contributed by atoms with van der Waals surface area (Å²) in [5, 5.41) is 37.5. The van der Waals surface area contributed by atoms with Crippen molar-refractivity contribution in [1.82, 2.24) is 5.32 Å². The molecule has 2 aliphatic heterocycles. The quantitative estimate of drug-likeness (QED) is 0.442. The Kier molecular flexibility index (Phi) is 8.69. The lowest BCUT2D eigenvalue weighted by Crippen LogP contribution is -2.46. The second kappa shape index (κ2) is 10.6. The Morgan fingerprint density at radius 1 is 1.14 bits per heavy atom. The Balaban J connectivity index is 0.000000257. The van der Waals surface area contributed by atoms with Crippen LogP contribution in [0.4, 0.5) is 0 Å². The van der Waals surface area contributed by atoms with Crippen LogP contribution in [0, 0.1) is 5.92 Å². The first-order chi connectivity index (χ1) is 13.6. The molecule has 162 valence electrons. The highest BCUT2D eigenvalue weighted by molar-refractivity contribution is 6.42. The van der Waals surface area contributed by atoms with Gasteiger partial charge in [-0.25, -0.2) is 9.59 Å². The Bertz CT molecular complexity index is 715. The van der Waals surface area contributed by atoms with Gasteiger partial charge in [-0.15, -0.1) is 0 Å². The number of aliphatic carboxylic acids is 2. The van der Waals surface area contributed by atoms with E-state index in [1.54, 1.807) is 7.11 Å². The number of carboxylic acid groups (broad SMARTS) is 2. The summed E-state index contributed by atoms with van der Waals surface area (Å²) in [4.78, 5) is 19.5. The molecule has 0 aromatic heterocycles. The second-order valence-electron chi connectivity index (χ2n) is 7.25. The van der Waals surface area contributed by atoms with E-state index in [1.165, 1.54) is 24.8 Å². The molecule has 0 radical (unpaired) electrons. The number of ether oxygens (including phenoxy) is 1. The van der Waals surface area contributed by atoms with Crippen molar-refractivity contribution in [1.29, 1.82) is 0 Å². The molecule has 0 saturated carbocycles. The SMILES string of the molecule is COCC1C(c2ccc(Cl)c(Cl)c2)C[C@@H]2CC[C@H]1N2.O=C(O)C(O)C(O)C(=O)O. The number of aliphatic hydroxyl groups excluding tert-OH is 2. The van der Waals surface area contributed by atoms with Gasteiger partial charge < -0.3 is 30.5 Å². The number of halogens is 2. The van der Waals surface area contributed by atoms with Crippen LogP contribution in [0.3, 0.4) is 0 Å². The summed E-state index contributed by atoms with van der Waals surface area (Å²) in [6.45, 7) is 0.801. The number of aliphatic hydroxyl groups is 2. The molecule has 10 heteroatoms. The predicted octanol–water partition coefficient (Wildman–Crippen LogP) is 1.74. The molecule has 2 fully saturated rings. The monoisotopic (exact) mass is 449 g/mol. The summed E-state index contributed by atoms with van der Waals surface area (Å²) in [5.74, 6) is -2.49. The molecule has 1 aromatic carbocycles. The number of hydrogen-bond acceptors (Lipinski definition) is 6. The van der Waals surface area contributed by atoms with Gasteiger partial charge in [0.15, 0.2) is 12.2 Å². The van der Waals surface area contributed by atoms with Crippen molar-refractivity contribution in [2.45, 2.75) is 49.5 Å². The second-order valence-corrected chi connectivity index (χ2v) is 8.06. The van der Waals surface area contributed by atoms with Crippen molar-refractivity contribution in [3.8, 4) is 0 Å². The minimum absolute atomic E-state index is 0.522. The van der Waals surface area contributed by atoms with Crippen LogP contribution in [0.15, 0.2) is 18.2 Å². The third kappa shape index (κ3) is 6.04. The van der Waals surface area contributed by atoms with Crippen LogP contribution in [-0.2, 0) is 14.3 Å². The zero-order chi connectivity index (χ0) is 21.7. The molecular weight excluding hydrogens is 425 g/mol. The molecule has 2 aliphatic rings. The van der Waals surface area contributed by atoms with Crippen molar-refractivity contribution in [3.05, 3.63) is 33.8 Å². The summed E-state index contributed by atoms with van der Waals surface area (Å²) in [7, 11) is 1.78. The molecule has 4 unspecified atom stereocenters. The van der Waals surface area contributed by atoms with Crippen LogP contribution in [0.2, 0.25) is 10.0 Å². The van der Waals surface area contributed by atoms with Gasteiger partial charge in [-0.1, -0.05) is 29.3 Å². The van der Waals surface area contributed by atoms with Crippen molar-refractivity contribution in [3.63, 3.8) is 0 Å². The first-order valence-corrected chi connectivity index (χ1v) is 9.93. The van der Waals surface area contributed by atoms with Crippen LogP contribution in [-0.4, -0.2) is 70.4 Å². The minimum Gasteiger partial charge on any atom is -0.479 e. The Labute approximate surface area is 178 Å². The van der Waals surface area contributed by atoms with Crippen molar-refractivity contribution in [2.75, 3.05) is 13.7 Å². The average molecular weight is 450 g/mol. The van der Waals surface area contributed by atoms with E-state index in [2.05, 4.69) is 11.4 Å². The highest BCUT2D eigenvalue weighted by Crippen LogP contribution is 2.42. The predicted molar refractivity (Wildman–Crippen MR) is 106 cm³/mol. The lowest BCUT2D eigenvalue weighted by molar-refractivity contribution is -0.165. The summed E-state index contributed by atoms with van der Waals surface area (Å²) < 4.78 is 5.44. The number of benzene rings is 1. The van der Waals surface area contributed by atoms with Crippen LogP contribution in [0.25, 0.3) is 0 Å². The fraction of sp³-hybridized carbons (Fsp3) is 0.579. The van der Waals surface area contributed by atoms with Gasteiger partial charge in [-0.2, -0.15) is 0 Å². The molecular formula is C19H25Cl2NO7. The Morgan fingerprint density at radius 2 is 1.76 bits per heavy atom. The van der Waals surface area contributed by atoms with Crippen LogP contribution in [0.5, 0.6) is 0 Å². The number of hydrogen-bond donors (Lipinski definition) is 5. The van der Waals surface area contributed by atoms with E-state index in [0.717, 1.165) is 6.61 Å². The third-order valence-electron chi connectivity index (χ3n) is 5.38. The molecule has 3 rings (SSSR count). The van der Waals surface area contributed by atoms with Gasteiger partial charge >= 0.3 is 11.9 Å². The van der Waals surface area contributed by atoms with Gasteiger partial charge in [-0.05, 0) is 42.9 Å². The van der Waals surface area contributed by atoms with E-state index in [9.17, 15) is 9.59 Å². The van der Waals surface area contributed by atoms with Crippen LogP contribution < -0.4 is 5.32 Å². The van der Waals surface area contributed by atoms with Gasteiger partial charge in [-0.3, -0.25) is 0 Å². The van der Waals surface area contributed by atoms with Crippen LogP contribution >= 0.6 is 23.2 Å². The van der Waals surface area contributed by atoms with E-state index in [-0.39, 0.29) is 0 Å². The standard InChI is InChI=1S/C15H19Cl2NO.C4H6O6/c1-19-8-12-11(7-10-3-5-15(12)18-10)9-2-4-13(16)14(17)6-9;5-1(3(7)8)2(6)4(9)10/h2,4,6,10-12,15,18H,3,5,7-8H2,1H3;1-2,5-6H,(H,7,8)(H,9,10)/t10-,11?,12?,15+;/m0./s1. The zero-order valence-electron chi connectivity index (χ0n) is 15.8. The largest absolute Gasteiger partial charge is 0.479 e. The maximum absolute atomic E-state index is 9.77. The molecule has 29 heavy (non-hydrogen) atoms. The Hall–Kier alpha value is -1.42. The van der Waals surface area contributed by atoms with Crippen molar-refractivity contribution >= 4 is 35.1 Å². The number of carbonyl (C=O) groups is 2. The molecule has 1 aromatic rings. The van der Waals surface area contributed by atoms with E-state index >= 15 is 0 Å². The first-order valence-electron chi connectivity index (χ1n) is 9.17. The van der Waals surface area contributed by atoms with E-state index in [0.29, 0.717) is 34.0 Å². The zero-order valence-corrected chi connectivity index (χ0v) is 17.3. The van der Waals surface area contributed by atoms with Crippen LogP contribution in [0.1, 0.15) is 30.7 Å². The lowest BCUT2D eigenvalue weighted by Gasteiger charge is -2.37. The molecule has 0 amide bonds. The summed E-state index contributed by atoms with van der Waals surface area (Å²) in [6.07, 6.45) is -0.822. The number of methoxy groups -OCH3 is 1. The topological polar surface area (TPSA) is 136 Å². The molecule has 0 spiro atoms. The molecule has 2 heterocycles. The number of fused-ring (bicyclic) bond motifs is 2. The maximum atomic E-state index is 9.77. The van der Waals surface area contributed by atoms with Gasteiger partial charge in [0.2, 0.25) is 0 Å². The van der Waals surface area contributed by atoms with Gasteiger partial charge in [0, 0.05) is 25.1 Å². The maximum Gasteiger partial charge on any atom is 0.335 e. The third-order valence-corrected chi connectivity index (χ3v) is 6.12. The van der Waals surface area contributed by atoms with Gasteiger partial charge in [0.25, 0.3) is 0 Å². The van der Waals surface area contributed by atoms with E-state index in [4.69, 9.17) is 48.4 Å². The molecule has 8 nitrogen and oxygen atoms in total. The number of carboxylic acids is 2. The number of nitrogens with one attached hydrogen (secondary N) is 1. The fourth-order valence-corrected chi connectivity index (χ4v) is 4.26. The molecule has 5 N–H and O–H groups in total. The average Bonchev–Trinajstić information content (AvgIpc) is 3.07. The van der Waals surface area contributed by atoms with E-state index in [1.807, 2.05) is 12.1 Å². The molecule has 6 atom stereocenters. The Morgan fingerprint density at radius 3 is 2.28 bits per heavy atom. The van der Waals surface area contributed by atoms with E-state index < -0.39 is 24.1 Å². The molecule has 2 saturated heterocycles. The fourth-order valence-electron chi connectivity index (χ4n) is 3.96. The highest BCUT2D eigenvalue weighted by Gasteiger charge is 2.42. The van der Waals surface area contributed by atoms with Crippen molar-refractivity contribution in [2.24, 2.45) is 5.92 Å². The van der Waals surface area contributed by atoms with Crippen molar-refractivity contribution < 1.29 is 34.8 Å². The van der Waals surface area contributed by atoms with Gasteiger partial charge in [0.05, 0.1) is 16.7 Å². The molecule has 2 bridgehead atoms. The lowest BCUT2D eigenvalue weighted by atomic mass is 9.77.